The number of hydrogen-bond donors (Lipinski definition) is 1. The first kappa shape index (κ1) is 28.9. The molecule has 39 heavy (non-hydrogen) atoms. The third kappa shape index (κ3) is 6.21. The number of rotatable bonds is 8. The normalized spacial score (nSPS) is 20.1. The second-order valence-corrected chi connectivity index (χ2v) is 11.2. The van der Waals surface area contributed by atoms with E-state index in [9.17, 15) is 22.8 Å². The Hall–Kier alpha value is -3.14. The zero-order valence-corrected chi connectivity index (χ0v) is 23.5. The summed E-state index contributed by atoms with van der Waals surface area (Å²) in [6.45, 7) is 10.5. The minimum Gasteiger partial charge on any atom is -0.493 e. The van der Waals surface area contributed by atoms with Gasteiger partial charge in [-0.25, -0.2) is 0 Å². The molecule has 0 aliphatic carbocycles. The van der Waals surface area contributed by atoms with Crippen LogP contribution in [0.15, 0.2) is 23.1 Å². The van der Waals surface area contributed by atoms with E-state index < -0.39 is 28.5 Å². The Morgan fingerprint density at radius 2 is 1.87 bits per heavy atom. The molecule has 1 saturated heterocycles. The highest BCUT2D eigenvalue weighted by Crippen LogP contribution is 2.44. The summed E-state index contributed by atoms with van der Waals surface area (Å²) in [7, 11) is 0. The van der Waals surface area contributed by atoms with E-state index in [1.807, 2.05) is 27.7 Å². The van der Waals surface area contributed by atoms with Gasteiger partial charge in [0.1, 0.15) is 29.5 Å². The van der Waals surface area contributed by atoms with Crippen LogP contribution < -0.4 is 19.5 Å². The molecule has 0 bridgehead atoms. The number of imide groups is 1. The maximum absolute atomic E-state index is 13.9. The number of ether oxygens (including phenoxy) is 3. The van der Waals surface area contributed by atoms with Gasteiger partial charge >= 0.3 is 6.18 Å². The molecular weight excluding hydrogens is 531 g/mol. The van der Waals surface area contributed by atoms with Gasteiger partial charge in [-0.15, -0.1) is 0 Å². The van der Waals surface area contributed by atoms with Gasteiger partial charge in [-0.1, -0.05) is 19.4 Å². The Kier molecular flexibility index (Phi) is 8.25. The molecule has 1 unspecified atom stereocenters. The van der Waals surface area contributed by atoms with E-state index in [2.05, 4.69) is 12.2 Å². The van der Waals surface area contributed by atoms with Crippen molar-refractivity contribution in [1.82, 2.24) is 5.32 Å². The van der Waals surface area contributed by atoms with Gasteiger partial charge < -0.3 is 14.2 Å². The molecule has 1 atom stereocenters. The fourth-order valence-electron chi connectivity index (χ4n) is 4.71. The lowest BCUT2D eigenvalue weighted by Gasteiger charge is -2.38. The van der Waals surface area contributed by atoms with E-state index in [1.165, 1.54) is 18.2 Å². The summed E-state index contributed by atoms with van der Waals surface area (Å²) in [4.78, 5) is 23.2. The number of carbonyl (C=O) groups excluding carboxylic acids is 2. The lowest BCUT2D eigenvalue weighted by atomic mass is 9.87. The highest BCUT2D eigenvalue weighted by molar-refractivity contribution is 8.18. The van der Waals surface area contributed by atoms with Crippen LogP contribution in [-0.4, -0.2) is 30.0 Å². The lowest BCUT2D eigenvalue weighted by Crippen LogP contribution is -2.42. The number of thioether (sulfide) groups is 1. The SMILES string of the molecule is CCCCOc1c(C)c(C)c2c(c1C)CCC(C)(COc1ccc(C=C3SC(=O)NC3=O)cc1C(F)(F)F)O2. The topological polar surface area (TPSA) is 73.9 Å². The third-order valence-corrected chi connectivity index (χ3v) is 7.90. The van der Waals surface area contributed by atoms with Gasteiger partial charge in [0.25, 0.3) is 11.1 Å². The Bertz CT molecular complexity index is 1340. The fraction of sp³-hybridized carbons (Fsp3) is 0.448. The summed E-state index contributed by atoms with van der Waals surface area (Å²) < 4.78 is 60.1. The number of halogens is 3. The molecule has 2 aliphatic rings. The summed E-state index contributed by atoms with van der Waals surface area (Å²) in [5, 5.41) is 1.52. The van der Waals surface area contributed by atoms with Crippen LogP contribution in [0.25, 0.3) is 6.08 Å². The third-order valence-electron chi connectivity index (χ3n) is 7.09. The zero-order chi connectivity index (χ0) is 28.5. The largest absolute Gasteiger partial charge is 0.493 e. The van der Waals surface area contributed by atoms with Crippen LogP contribution in [0.3, 0.4) is 0 Å². The summed E-state index contributed by atoms with van der Waals surface area (Å²) in [6, 6.07) is 3.56. The van der Waals surface area contributed by atoms with Crippen LogP contribution in [0.2, 0.25) is 0 Å². The van der Waals surface area contributed by atoms with Crippen LogP contribution in [0.4, 0.5) is 18.0 Å². The number of benzene rings is 2. The summed E-state index contributed by atoms with van der Waals surface area (Å²) in [5.41, 5.74) is 2.36. The van der Waals surface area contributed by atoms with Gasteiger partial charge in [-0.05, 0) is 99.2 Å². The minimum absolute atomic E-state index is 0.0310. The van der Waals surface area contributed by atoms with Crippen molar-refractivity contribution in [3.05, 3.63) is 56.5 Å². The van der Waals surface area contributed by atoms with Gasteiger partial charge in [0.05, 0.1) is 17.1 Å². The summed E-state index contributed by atoms with van der Waals surface area (Å²) >= 11 is 0.642. The molecule has 2 aromatic carbocycles. The van der Waals surface area contributed by atoms with Crippen molar-refractivity contribution in [2.45, 2.75) is 72.1 Å². The van der Waals surface area contributed by atoms with Crippen molar-refractivity contribution >= 4 is 29.0 Å². The lowest BCUT2D eigenvalue weighted by molar-refractivity contribution is -0.139. The Morgan fingerprint density at radius 3 is 2.51 bits per heavy atom. The van der Waals surface area contributed by atoms with Gasteiger partial charge in [0.15, 0.2) is 0 Å². The molecule has 0 radical (unpaired) electrons. The fourth-order valence-corrected chi connectivity index (χ4v) is 5.39. The predicted octanol–water partition coefficient (Wildman–Crippen LogP) is 7.30. The molecule has 0 spiro atoms. The van der Waals surface area contributed by atoms with Crippen LogP contribution in [-0.2, 0) is 17.4 Å². The van der Waals surface area contributed by atoms with Crippen LogP contribution in [0.5, 0.6) is 17.2 Å². The van der Waals surface area contributed by atoms with E-state index in [0.717, 1.165) is 52.7 Å². The molecule has 2 aliphatic heterocycles. The quantitative estimate of drug-likeness (QED) is 0.269. The Labute approximate surface area is 230 Å². The summed E-state index contributed by atoms with van der Waals surface area (Å²) in [6.07, 6.45) is -0.192. The van der Waals surface area contributed by atoms with E-state index >= 15 is 0 Å². The molecule has 4 rings (SSSR count). The molecule has 2 heterocycles. The number of fused-ring (bicyclic) bond motifs is 1. The van der Waals surface area contributed by atoms with Crippen molar-refractivity contribution in [3.63, 3.8) is 0 Å². The molecule has 210 valence electrons. The van der Waals surface area contributed by atoms with Gasteiger partial charge in [0.2, 0.25) is 0 Å². The summed E-state index contributed by atoms with van der Waals surface area (Å²) in [5.74, 6) is 0.654. The van der Waals surface area contributed by atoms with Gasteiger partial charge in [-0.2, -0.15) is 13.2 Å². The standard InChI is InChI=1S/C29H32F3NO5S/c1-6-7-12-36-24-16(2)17(3)25-20(18(24)4)10-11-28(5,38-25)15-37-22-9-8-19(13-21(22)29(30,31)32)14-23-26(34)33-27(35)39-23/h8-9,13-14H,6-7,10-12,15H2,1-5H3,(H,33,34,35). The molecule has 1 N–H and O–H groups in total. The molecule has 6 nitrogen and oxygen atoms in total. The molecule has 1 fully saturated rings. The van der Waals surface area contributed by atoms with Crippen molar-refractivity contribution in [2.75, 3.05) is 13.2 Å². The second-order valence-electron chi connectivity index (χ2n) is 10.2. The zero-order valence-electron chi connectivity index (χ0n) is 22.6. The van der Waals surface area contributed by atoms with Crippen molar-refractivity contribution in [3.8, 4) is 17.2 Å². The van der Waals surface area contributed by atoms with E-state index in [1.54, 1.807) is 0 Å². The maximum atomic E-state index is 13.9. The first-order chi connectivity index (χ1) is 18.3. The molecular formula is C29H32F3NO5S. The van der Waals surface area contributed by atoms with Crippen LogP contribution >= 0.6 is 11.8 Å². The average molecular weight is 564 g/mol. The highest BCUT2D eigenvalue weighted by Gasteiger charge is 2.38. The number of nitrogens with one attached hydrogen (secondary N) is 1. The Morgan fingerprint density at radius 1 is 1.13 bits per heavy atom. The molecule has 2 aromatic rings. The van der Waals surface area contributed by atoms with Crippen molar-refractivity contribution in [1.29, 1.82) is 0 Å². The van der Waals surface area contributed by atoms with Crippen molar-refractivity contribution < 1.29 is 37.0 Å². The highest BCUT2D eigenvalue weighted by atomic mass is 32.2. The molecule has 0 aromatic heterocycles. The first-order valence-corrected chi connectivity index (χ1v) is 13.7. The number of unbranched alkanes of at least 4 members (excludes halogenated alkanes) is 1. The maximum Gasteiger partial charge on any atom is 0.419 e. The number of alkyl halides is 3. The monoisotopic (exact) mass is 563 g/mol. The first-order valence-electron chi connectivity index (χ1n) is 12.9. The molecule has 10 heteroatoms. The predicted molar refractivity (Wildman–Crippen MR) is 144 cm³/mol. The van der Waals surface area contributed by atoms with E-state index in [4.69, 9.17) is 14.2 Å². The number of hydrogen-bond acceptors (Lipinski definition) is 6. The second kappa shape index (κ2) is 11.2. The minimum atomic E-state index is -4.69. The van der Waals surface area contributed by atoms with Gasteiger partial charge in [0, 0.05) is 5.56 Å². The van der Waals surface area contributed by atoms with Crippen LogP contribution in [0, 0.1) is 20.8 Å². The average Bonchev–Trinajstić information content (AvgIpc) is 3.19. The van der Waals surface area contributed by atoms with Crippen molar-refractivity contribution in [2.24, 2.45) is 0 Å². The molecule has 2 amide bonds. The van der Waals surface area contributed by atoms with E-state index in [-0.39, 0.29) is 22.8 Å². The van der Waals surface area contributed by atoms with Crippen LogP contribution in [0.1, 0.15) is 66.5 Å². The smallest absolute Gasteiger partial charge is 0.419 e. The van der Waals surface area contributed by atoms with E-state index in [0.29, 0.717) is 31.2 Å². The number of carbonyl (C=O) groups is 2. The number of amides is 2. The Balaban J connectivity index is 1.55. The van der Waals surface area contributed by atoms with Gasteiger partial charge in [-0.3, -0.25) is 14.9 Å². The molecule has 0 saturated carbocycles.